The average Bonchev–Trinajstić information content (AvgIpc) is 2.99. The fourth-order valence-electron chi connectivity index (χ4n) is 4.58. The maximum atomic E-state index is 13.6. The molecule has 39 heavy (non-hydrogen) atoms. The molecule has 7 heteroatoms. The van der Waals surface area contributed by atoms with Gasteiger partial charge in [-0.15, -0.1) is 0 Å². The average molecular weight is 520 g/mol. The lowest BCUT2D eigenvalue weighted by molar-refractivity contribution is 0.0927. The molecular weight excluding hydrogens is 494 g/mol. The molecule has 0 fully saturated rings. The third-order valence-electron chi connectivity index (χ3n) is 6.58. The molecular formula is C32H25NO6. The Kier molecular flexibility index (Phi) is 6.97. The molecule has 0 spiro atoms. The zero-order valence-corrected chi connectivity index (χ0v) is 21.6. The maximum Gasteiger partial charge on any atom is 0.255 e. The van der Waals surface area contributed by atoms with E-state index in [0.717, 1.165) is 5.56 Å². The van der Waals surface area contributed by atoms with Crippen LogP contribution >= 0.6 is 0 Å². The van der Waals surface area contributed by atoms with Crippen molar-refractivity contribution in [3.8, 4) is 28.4 Å². The molecule has 0 unspecified atom stereocenters. The van der Waals surface area contributed by atoms with E-state index in [4.69, 9.17) is 14.2 Å². The second-order valence-electron chi connectivity index (χ2n) is 8.78. The Balaban J connectivity index is 1.59. The Hall–Kier alpha value is -5.17. The Morgan fingerprint density at radius 1 is 0.615 bits per heavy atom. The largest absolute Gasteiger partial charge is 0.497 e. The predicted octanol–water partition coefficient (Wildman–Crippen LogP) is 5.60. The summed E-state index contributed by atoms with van der Waals surface area (Å²) in [5, 5.41) is 2.75. The molecule has 1 aliphatic carbocycles. The number of ketones is 2. The number of fused-ring (bicyclic) bond motifs is 1. The summed E-state index contributed by atoms with van der Waals surface area (Å²) < 4.78 is 16.1. The molecule has 0 aliphatic heterocycles. The molecule has 1 amide bonds. The molecule has 0 heterocycles. The van der Waals surface area contributed by atoms with Crippen molar-refractivity contribution >= 4 is 23.0 Å². The number of carbonyl (C=O) groups is 3. The van der Waals surface area contributed by atoms with E-state index in [0.29, 0.717) is 28.4 Å². The van der Waals surface area contributed by atoms with Crippen LogP contribution < -0.4 is 19.5 Å². The van der Waals surface area contributed by atoms with Crippen LogP contribution in [0.1, 0.15) is 36.6 Å². The van der Waals surface area contributed by atoms with Crippen molar-refractivity contribution in [3.63, 3.8) is 0 Å². The number of nitrogens with one attached hydrogen (secondary N) is 1. The van der Waals surface area contributed by atoms with Gasteiger partial charge in [-0.2, -0.15) is 0 Å². The third-order valence-corrected chi connectivity index (χ3v) is 6.58. The van der Waals surface area contributed by atoms with Gasteiger partial charge in [-0.05, 0) is 53.6 Å². The topological polar surface area (TPSA) is 90.9 Å². The Bertz CT molecular complexity index is 1630. The molecule has 4 aromatic carbocycles. The minimum absolute atomic E-state index is 0.0763. The van der Waals surface area contributed by atoms with Crippen LogP contribution in [-0.2, 0) is 0 Å². The number of hydrogen-bond donors (Lipinski definition) is 1. The molecule has 1 N–H and O–H groups in total. The summed E-state index contributed by atoms with van der Waals surface area (Å²) in [4.78, 5) is 40.8. The standard InChI is InChI=1S/C32H25NO6/c1-37-22-14-11-19(12-15-22)28-29(31(35)25-10-5-4-9-24(25)30(28)34)33-32(36)21-13-16-27(39-3)26(18-21)20-7-6-8-23(17-20)38-2/h4-18H,1-3H3,(H,33,36). The third kappa shape index (κ3) is 4.78. The summed E-state index contributed by atoms with van der Waals surface area (Å²) in [6, 6.07) is 25.7. The highest BCUT2D eigenvalue weighted by Crippen LogP contribution is 2.35. The molecule has 0 saturated heterocycles. The number of Topliss-reactive ketones (excluding diaryl/α,β-unsaturated/α-hetero) is 2. The van der Waals surface area contributed by atoms with E-state index < -0.39 is 11.7 Å². The van der Waals surface area contributed by atoms with Gasteiger partial charge in [-0.1, -0.05) is 48.5 Å². The van der Waals surface area contributed by atoms with Gasteiger partial charge in [0.05, 0.1) is 26.9 Å². The van der Waals surface area contributed by atoms with Crippen molar-refractivity contribution in [1.82, 2.24) is 5.32 Å². The number of rotatable bonds is 7. The number of carbonyl (C=O) groups excluding carboxylic acids is 3. The first kappa shape index (κ1) is 25.5. The first-order valence-electron chi connectivity index (χ1n) is 12.2. The van der Waals surface area contributed by atoms with Gasteiger partial charge in [0.25, 0.3) is 5.91 Å². The van der Waals surface area contributed by atoms with Crippen LogP contribution in [0, 0.1) is 0 Å². The number of ether oxygens (including phenoxy) is 3. The highest BCUT2D eigenvalue weighted by Gasteiger charge is 2.34. The molecule has 5 rings (SSSR count). The molecule has 7 nitrogen and oxygen atoms in total. The highest BCUT2D eigenvalue weighted by molar-refractivity contribution is 6.41. The Morgan fingerprint density at radius 2 is 1.31 bits per heavy atom. The minimum atomic E-state index is -0.539. The van der Waals surface area contributed by atoms with Crippen LogP contribution in [0.25, 0.3) is 16.7 Å². The summed E-state index contributed by atoms with van der Waals surface area (Å²) in [5.74, 6) is 0.495. The van der Waals surface area contributed by atoms with Gasteiger partial charge in [-0.3, -0.25) is 14.4 Å². The van der Waals surface area contributed by atoms with Gasteiger partial charge in [0.2, 0.25) is 5.78 Å². The minimum Gasteiger partial charge on any atom is -0.497 e. The van der Waals surface area contributed by atoms with Crippen molar-refractivity contribution in [1.29, 1.82) is 0 Å². The van der Waals surface area contributed by atoms with Crippen LogP contribution in [0.4, 0.5) is 0 Å². The summed E-state index contributed by atoms with van der Waals surface area (Å²) in [6.07, 6.45) is 0. The van der Waals surface area contributed by atoms with Crippen LogP contribution in [0.3, 0.4) is 0 Å². The van der Waals surface area contributed by atoms with Gasteiger partial charge in [0, 0.05) is 22.3 Å². The second kappa shape index (κ2) is 10.7. The maximum absolute atomic E-state index is 13.6. The van der Waals surface area contributed by atoms with Crippen LogP contribution in [-0.4, -0.2) is 38.8 Å². The van der Waals surface area contributed by atoms with E-state index in [1.165, 1.54) is 0 Å². The summed E-state index contributed by atoms with van der Waals surface area (Å²) in [6.45, 7) is 0. The van der Waals surface area contributed by atoms with Crippen molar-refractivity contribution in [2.45, 2.75) is 0 Å². The molecule has 0 aromatic heterocycles. The predicted molar refractivity (Wildman–Crippen MR) is 147 cm³/mol. The van der Waals surface area contributed by atoms with E-state index in [9.17, 15) is 14.4 Å². The fraction of sp³-hybridized carbons (Fsp3) is 0.0938. The smallest absolute Gasteiger partial charge is 0.255 e. The van der Waals surface area contributed by atoms with E-state index in [-0.39, 0.29) is 33.7 Å². The van der Waals surface area contributed by atoms with Gasteiger partial charge >= 0.3 is 0 Å². The zero-order valence-electron chi connectivity index (χ0n) is 21.6. The van der Waals surface area contributed by atoms with Crippen molar-refractivity contribution in [2.24, 2.45) is 0 Å². The number of methoxy groups -OCH3 is 3. The number of hydrogen-bond acceptors (Lipinski definition) is 6. The van der Waals surface area contributed by atoms with Crippen molar-refractivity contribution in [2.75, 3.05) is 21.3 Å². The van der Waals surface area contributed by atoms with Crippen molar-refractivity contribution < 1.29 is 28.6 Å². The number of allylic oxidation sites excluding steroid dienone is 2. The lowest BCUT2D eigenvalue weighted by Crippen LogP contribution is -2.33. The summed E-state index contributed by atoms with van der Waals surface area (Å²) in [7, 11) is 4.67. The first-order chi connectivity index (χ1) is 18.9. The number of amides is 1. The molecule has 0 saturated carbocycles. The molecule has 194 valence electrons. The lowest BCUT2D eigenvalue weighted by atomic mass is 9.84. The van der Waals surface area contributed by atoms with E-state index in [1.54, 1.807) is 88.1 Å². The van der Waals surface area contributed by atoms with E-state index in [1.807, 2.05) is 24.3 Å². The van der Waals surface area contributed by atoms with Gasteiger partial charge in [-0.25, -0.2) is 0 Å². The van der Waals surface area contributed by atoms with Crippen LogP contribution in [0.5, 0.6) is 17.2 Å². The summed E-state index contributed by atoms with van der Waals surface area (Å²) >= 11 is 0. The molecule has 4 aromatic rings. The molecule has 0 bridgehead atoms. The molecule has 0 atom stereocenters. The van der Waals surface area contributed by atoms with Crippen LogP contribution in [0.2, 0.25) is 0 Å². The van der Waals surface area contributed by atoms with E-state index >= 15 is 0 Å². The monoisotopic (exact) mass is 519 g/mol. The van der Waals surface area contributed by atoms with E-state index in [2.05, 4.69) is 5.32 Å². The Labute approximate surface area is 225 Å². The fourth-order valence-corrected chi connectivity index (χ4v) is 4.58. The van der Waals surface area contributed by atoms with Crippen LogP contribution in [0.15, 0.2) is 96.7 Å². The molecule has 0 radical (unpaired) electrons. The first-order valence-corrected chi connectivity index (χ1v) is 12.2. The normalized spacial score (nSPS) is 12.6. The second-order valence-corrected chi connectivity index (χ2v) is 8.78. The lowest BCUT2D eigenvalue weighted by Gasteiger charge is -2.22. The van der Waals surface area contributed by atoms with Gasteiger partial charge in [0.1, 0.15) is 22.9 Å². The SMILES string of the molecule is COc1ccc(C2=C(NC(=O)c3ccc(OC)c(-c4cccc(OC)c4)c3)C(=O)c3ccccc3C2=O)cc1. The Morgan fingerprint density at radius 3 is 1.97 bits per heavy atom. The highest BCUT2D eigenvalue weighted by atomic mass is 16.5. The zero-order chi connectivity index (χ0) is 27.5. The van der Waals surface area contributed by atoms with Gasteiger partial charge in [0.15, 0.2) is 5.78 Å². The molecule has 1 aliphatic rings. The van der Waals surface area contributed by atoms with Gasteiger partial charge < -0.3 is 19.5 Å². The number of benzene rings is 4. The quantitative estimate of drug-likeness (QED) is 0.342. The summed E-state index contributed by atoms with van der Waals surface area (Å²) in [5.41, 5.74) is 2.81. The van der Waals surface area contributed by atoms with Crippen molar-refractivity contribution in [3.05, 3.63) is 119 Å².